The maximum atomic E-state index is 11.9. The molecule has 21 heavy (non-hydrogen) atoms. The molecule has 0 bridgehead atoms. The van der Waals surface area contributed by atoms with Crippen LogP contribution in [0.5, 0.6) is 0 Å². The molecule has 1 aromatic rings. The standard InChI is InChI=1S/C14H24N6O/c1-4-11-17-12(19-15)9(2)13(18-11)20-7-5-6-10(8-20)14(21)16-3/h10H,4-8,15H2,1-3H3,(H,16,21)(H,17,18,19). The van der Waals surface area contributed by atoms with E-state index in [-0.39, 0.29) is 11.8 Å². The van der Waals surface area contributed by atoms with E-state index in [4.69, 9.17) is 5.84 Å². The van der Waals surface area contributed by atoms with Crippen molar-refractivity contribution in [2.75, 3.05) is 30.5 Å². The van der Waals surface area contributed by atoms with Crippen molar-refractivity contribution in [1.82, 2.24) is 15.3 Å². The van der Waals surface area contributed by atoms with E-state index in [1.165, 1.54) is 0 Å². The Hall–Kier alpha value is -1.89. The Morgan fingerprint density at radius 3 is 2.86 bits per heavy atom. The molecule has 0 aromatic carbocycles. The van der Waals surface area contributed by atoms with E-state index in [9.17, 15) is 4.79 Å². The fourth-order valence-electron chi connectivity index (χ4n) is 2.74. The average Bonchev–Trinajstić information content (AvgIpc) is 2.54. The molecule has 2 heterocycles. The molecule has 4 N–H and O–H groups in total. The van der Waals surface area contributed by atoms with Gasteiger partial charge in [0.05, 0.1) is 5.92 Å². The molecule has 1 aliphatic heterocycles. The maximum Gasteiger partial charge on any atom is 0.224 e. The van der Waals surface area contributed by atoms with E-state index < -0.39 is 0 Å². The number of nitrogen functional groups attached to an aromatic ring is 1. The van der Waals surface area contributed by atoms with Crippen LogP contribution in [0.15, 0.2) is 0 Å². The van der Waals surface area contributed by atoms with Crippen molar-refractivity contribution < 1.29 is 4.79 Å². The van der Waals surface area contributed by atoms with Gasteiger partial charge in [-0.25, -0.2) is 15.8 Å². The topological polar surface area (TPSA) is 96.2 Å². The highest BCUT2D eigenvalue weighted by atomic mass is 16.1. The number of hydrogen-bond acceptors (Lipinski definition) is 6. The van der Waals surface area contributed by atoms with Crippen LogP contribution in [-0.2, 0) is 11.2 Å². The van der Waals surface area contributed by atoms with Crippen molar-refractivity contribution in [2.24, 2.45) is 11.8 Å². The predicted octanol–water partition coefficient (Wildman–Crippen LogP) is 0.595. The number of carbonyl (C=O) groups excluding carboxylic acids is 1. The van der Waals surface area contributed by atoms with Crippen molar-refractivity contribution in [1.29, 1.82) is 0 Å². The Bertz CT molecular complexity index is 518. The Morgan fingerprint density at radius 1 is 1.48 bits per heavy atom. The number of carbonyl (C=O) groups is 1. The number of hydrogen-bond donors (Lipinski definition) is 3. The van der Waals surface area contributed by atoms with Gasteiger partial charge in [-0.1, -0.05) is 6.92 Å². The van der Waals surface area contributed by atoms with Gasteiger partial charge in [0.2, 0.25) is 5.91 Å². The van der Waals surface area contributed by atoms with Gasteiger partial charge in [-0.3, -0.25) is 4.79 Å². The molecule has 1 fully saturated rings. The Kier molecular flexibility index (Phi) is 4.95. The number of amides is 1. The molecule has 7 nitrogen and oxygen atoms in total. The summed E-state index contributed by atoms with van der Waals surface area (Å²) in [6, 6.07) is 0. The van der Waals surface area contributed by atoms with Crippen molar-refractivity contribution in [3.8, 4) is 0 Å². The van der Waals surface area contributed by atoms with E-state index in [1.54, 1.807) is 7.05 Å². The first-order valence-corrected chi connectivity index (χ1v) is 7.41. The largest absolute Gasteiger partial charge is 0.359 e. The molecule has 0 spiro atoms. The van der Waals surface area contributed by atoms with Crippen LogP contribution >= 0.6 is 0 Å². The summed E-state index contributed by atoms with van der Waals surface area (Å²) in [5, 5.41) is 2.74. The van der Waals surface area contributed by atoms with Gasteiger partial charge in [0.15, 0.2) is 0 Å². The van der Waals surface area contributed by atoms with E-state index in [1.807, 2.05) is 13.8 Å². The van der Waals surface area contributed by atoms with Crippen LogP contribution in [0.1, 0.15) is 31.2 Å². The molecule has 0 radical (unpaired) electrons. The minimum absolute atomic E-state index is 0.0116. The lowest BCUT2D eigenvalue weighted by molar-refractivity contribution is -0.124. The second-order valence-corrected chi connectivity index (χ2v) is 5.33. The van der Waals surface area contributed by atoms with E-state index in [2.05, 4.69) is 25.6 Å². The number of rotatable bonds is 4. The molecule has 116 valence electrons. The van der Waals surface area contributed by atoms with Gasteiger partial charge in [-0.15, -0.1) is 0 Å². The number of nitrogens with two attached hydrogens (primary N) is 1. The first kappa shape index (κ1) is 15.5. The molecule has 0 saturated carbocycles. The van der Waals surface area contributed by atoms with E-state index in [0.717, 1.165) is 43.0 Å². The van der Waals surface area contributed by atoms with Crippen molar-refractivity contribution in [2.45, 2.75) is 33.1 Å². The van der Waals surface area contributed by atoms with Crippen LogP contribution in [0, 0.1) is 12.8 Å². The minimum Gasteiger partial charge on any atom is -0.359 e. The normalized spacial score (nSPS) is 18.5. The molecule has 1 atom stereocenters. The fraction of sp³-hybridized carbons (Fsp3) is 0.643. The number of aryl methyl sites for hydroxylation is 1. The Balaban J connectivity index is 2.30. The summed E-state index contributed by atoms with van der Waals surface area (Å²) in [4.78, 5) is 23.1. The molecular weight excluding hydrogens is 268 g/mol. The van der Waals surface area contributed by atoms with Gasteiger partial charge in [0, 0.05) is 32.1 Å². The number of nitrogens with one attached hydrogen (secondary N) is 2. The molecule has 1 saturated heterocycles. The summed E-state index contributed by atoms with van der Waals surface area (Å²) in [7, 11) is 1.68. The molecule has 1 aliphatic rings. The second kappa shape index (κ2) is 6.71. The van der Waals surface area contributed by atoms with Crippen LogP contribution in [0.2, 0.25) is 0 Å². The molecule has 1 amide bonds. The summed E-state index contributed by atoms with van der Waals surface area (Å²) in [6.07, 6.45) is 2.64. The van der Waals surface area contributed by atoms with Gasteiger partial charge >= 0.3 is 0 Å². The molecule has 7 heteroatoms. The van der Waals surface area contributed by atoms with Crippen molar-refractivity contribution in [3.63, 3.8) is 0 Å². The van der Waals surface area contributed by atoms with Crippen LogP contribution in [0.3, 0.4) is 0 Å². The average molecular weight is 292 g/mol. The first-order valence-electron chi connectivity index (χ1n) is 7.41. The van der Waals surface area contributed by atoms with Crippen LogP contribution < -0.4 is 21.5 Å². The lowest BCUT2D eigenvalue weighted by atomic mass is 9.97. The van der Waals surface area contributed by atoms with Crippen LogP contribution in [0.25, 0.3) is 0 Å². The monoisotopic (exact) mass is 292 g/mol. The molecule has 1 unspecified atom stereocenters. The number of aromatic nitrogens is 2. The third-order valence-electron chi connectivity index (χ3n) is 3.96. The van der Waals surface area contributed by atoms with Gasteiger partial charge in [0.1, 0.15) is 17.5 Å². The maximum absolute atomic E-state index is 11.9. The van der Waals surface area contributed by atoms with Gasteiger partial charge in [-0.05, 0) is 19.8 Å². The van der Waals surface area contributed by atoms with E-state index >= 15 is 0 Å². The SMILES string of the molecule is CCc1nc(NN)c(C)c(N2CCCC(C(=O)NC)C2)n1. The molecule has 0 aliphatic carbocycles. The van der Waals surface area contributed by atoms with E-state index in [0.29, 0.717) is 12.4 Å². The smallest absolute Gasteiger partial charge is 0.224 e. The zero-order valence-corrected chi connectivity index (χ0v) is 12.9. The number of hydrazine groups is 1. The zero-order valence-electron chi connectivity index (χ0n) is 12.9. The first-order chi connectivity index (χ1) is 10.1. The highest BCUT2D eigenvalue weighted by molar-refractivity contribution is 5.79. The number of nitrogens with zero attached hydrogens (tertiary/aromatic N) is 3. The predicted molar refractivity (Wildman–Crippen MR) is 83.0 cm³/mol. The Morgan fingerprint density at radius 2 is 2.24 bits per heavy atom. The molecular formula is C14H24N6O. The molecule has 1 aromatic heterocycles. The lowest BCUT2D eigenvalue weighted by Crippen LogP contribution is -2.43. The highest BCUT2D eigenvalue weighted by Gasteiger charge is 2.27. The van der Waals surface area contributed by atoms with Gasteiger partial charge < -0.3 is 15.6 Å². The van der Waals surface area contributed by atoms with Crippen LogP contribution in [0.4, 0.5) is 11.6 Å². The van der Waals surface area contributed by atoms with Gasteiger partial charge in [0.25, 0.3) is 0 Å². The fourth-order valence-corrected chi connectivity index (χ4v) is 2.74. The zero-order chi connectivity index (χ0) is 15.4. The van der Waals surface area contributed by atoms with Crippen molar-refractivity contribution >= 4 is 17.5 Å². The third kappa shape index (κ3) is 3.24. The minimum atomic E-state index is 0.0116. The Labute approximate surface area is 125 Å². The third-order valence-corrected chi connectivity index (χ3v) is 3.96. The quantitative estimate of drug-likeness (QED) is 0.555. The second-order valence-electron chi connectivity index (χ2n) is 5.33. The lowest BCUT2D eigenvalue weighted by Gasteiger charge is -2.34. The van der Waals surface area contributed by atoms with Gasteiger partial charge in [-0.2, -0.15) is 0 Å². The highest BCUT2D eigenvalue weighted by Crippen LogP contribution is 2.27. The number of piperidine rings is 1. The molecule has 2 rings (SSSR count). The van der Waals surface area contributed by atoms with Crippen LogP contribution in [-0.4, -0.2) is 36.0 Å². The number of anilines is 2. The summed E-state index contributed by atoms with van der Waals surface area (Å²) in [5.74, 6) is 7.94. The van der Waals surface area contributed by atoms with Crippen molar-refractivity contribution in [3.05, 3.63) is 11.4 Å². The summed E-state index contributed by atoms with van der Waals surface area (Å²) in [6.45, 7) is 5.55. The summed E-state index contributed by atoms with van der Waals surface area (Å²) < 4.78 is 0. The summed E-state index contributed by atoms with van der Waals surface area (Å²) >= 11 is 0. The summed E-state index contributed by atoms with van der Waals surface area (Å²) in [5.41, 5.74) is 3.56.